The molecule has 3 heterocycles. The Morgan fingerprint density at radius 2 is 2.10 bits per heavy atom. The van der Waals surface area contributed by atoms with Crippen molar-refractivity contribution in [3.63, 3.8) is 0 Å². The topological polar surface area (TPSA) is 124 Å². The van der Waals surface area contributed by atoms with E-state index in [-0.39, 0.29) is 37.2 Å². The molecule has 0 radical (unpaired) electrons. The Kier molecular flexibility index (Phi) is 5.47. The van der Waals surface area contributed by atoms with Crippen LogP contribution in [-0.2, 0) is 38.1 Å². The van der Waals surface area contributed by atoms with Gasteiger partial charge in [-0.15, -0.1) is 0 Å². The van der Waals surface area contributed by atoms with Crippen molar-refractivity contribution in [2.75, 3.05) is 13.2 Å². The van der Waals surface area contributed by atoms with Gasteiger partial charge in [-0.2, -0.15) is 0 Å². The zero-order chi connectivity index (χ0) is 22.6. The van der Waals surface area contributed by atoms with Crippen LogP contribution in [0.3, 0.4) is 0 Å². The molecule has 0 bridgehead atoms. The number of epoxide rings is 2. The third-order valence-electron chi connectivity index (χ3n) is 6.56. The summed E-state index contributed by atoms with van der Waals surface area (Å²) in [5.41, 5.74) is -1.09. The minimum atomic E-state index is -0.940. The van der Waals surface area contributed by atoms with Gasteiger partial charge in [-0.25, -0.2) is 4.79 Å². The maximum absolute atomic E-state index is 12.7. The van der Waals surface area contributed by atoms with Gasteiger partial charge in [0.1, 0.15) is 36.1 Å². The Balaban J connectivity index is 1.77. The summed E-state index contributed by atoms with van der Waals surface area (Å²) in [6.45, 7) is 6.14. The Morgan fingerprint density at radius 1 is 1.35 bits per heavy atom. The zero-order valence-electron chi connectivity index (χ0n) is 18.1. The molecule has 2 fully saturated rings. The number of aliphatic hydroxyl groups is 1. The molecule has 0 aromatic heterocycles. The van der Waals surface area contributed by atoms with E-state index in [1.165, 1.54) is 6.92 Å². The van der Waals surface area contributed by atoms with E-state index in [1.807, 2.05) is 26.0 Å². The lowest BCUT2D eigenvalue weighted by Crippen LogP contribution is -2.38. The molecule has 9 heteroatoms. The number of ether oxygens (including phenoxy) is 5. The lowest BCUT2D eigenvalue weighted by Gasteiger charge is -2.27. The van der Waals surface area contributed by atoms with Crippen molar-refractivity contribution in [2.24, 2.45) is 5.92 Å². The van der Waals surface area contributed by atoms with E-state index in [4.69, 9.17) is 23.7 Å². The number of carbonyl (C=O) groups excluding carboxylic acids is 3. The summed E-state index contributed by atoms with van der Waals surface area (Å²) in [4.78, 5) is 36.8. The Bertz CT molecular complexity index is 861. The van der Waals surface area contributed by atoms with Crippen LogP contribution in [0.15, 0.2) is 23.3 Å². The Labute approximate surface area is 180 Å². The van der Waals surface area contributed by atoms with Gasteiger partial charge in [0.25, 0.3) is 0 Å². The number of rotatable bonds is 6. The molecular weight excluding hydrogens is 408 g/mol. The van der Waals surface area contributed by atoms with Crippen LogP contribution in [0.4, 0.5) is 0 Å². The molecule has 0 spiro atoms. The maximum atomic E-state index is 12.7. The standard InChI is InChI=1S/C22H28O9/c1-5-11(2)19(25)28-14-8-22(10-23)15(30-22)6-7-21(4)18(31-21)17-16(14)13(20(26)29-17)9-27-12(3)24/h6-7,11,14-15,17-18,23H,5,8-10H2,1-4H3. The number of carbonyl (C=O) groups is 3. The van der Waals surface area contributed by atoms with E-state index < -0.39 is 47.4 Å². The van der Waals surface area contributed by atoms with Gasteiger partial charge in [-0.05, 0) is 13.3 Å². The van der Waals surface area contributed by atoms with Gasteiger partial charge in [-0.3, -0.25) is 9.59 Å². The average Bonchev–Trinajstić information content (AvgIpc) is 3.57. The molecular formula is C22H28O9. The monoisotopic (exact) mass is 436 g/mol. The Morgan fingerprint density at radius 3 is 2.74 bits per heavy atom. The highest BCUT2D eigenvalue weighted by atomic mass is 16.7. The van der Waals surface area contributed by atoms with Crippen molar-refractivity contribution < 1.29 is 43.2 Å². The van der Waals surface area contributed by atoms with E-state index in [0.717, 1.165) is 0 Å². The molecule has 0 aromatic rings. The van der Waals surface area contributed by atoms with Crippen LogP contribution in [0.5, 0.6) is 0 Å². The summed E-state index contributed by atoms with van der Waals surface area (Å²) in [5.74, 6) is -1.97. The molecule has 9 nitrogen and oxygen atoms in total. The SMILES string of the molecule is CCC(C)C(=O)OC1CC2(CO)OC2C=CC2(C)OC2C2OC(=O)C(COC(C)=O)=C12. The van der Waals surface area contributed by atoms with Crippen LogP contribution in [0, 0.1) is 5.92 Å². The fourth-order valence-electron chi connectivity index (χ4n) is 4.21. The second kappa shape index (κ2) is 7.72. The third-order valence-corrected chi connectivity index (χ3v) is 6.56. The van der Waals surface area contributed by atoms with Crippen LogP contribution >= 0.6 is 0 Å². The van der Waals surface area contributed by atoms with Gasteiger partial charge < -0.3 is 28.8 Å². The molecule has 3 aliphatic heterocycles. The highest BCUT2D eigenvalue weighted by molar-refractivity contribution is 5.93. The molecule has 0 amide bonds. The van der Waals surface area contributed by atoms with E-state index >= 15 is 0 Å². The molecule has 4 rings (SSSR count). The van der Waals surface area contributed by atoms with Crippen LogP contribution in [0.2, 0.25) is 0 Å². The maximum Gasteiger partial charge on any atom is 0.338 e. The smallest absolute Gasteiger partial charge is 0.338 e. The molecule has 31 heavy (non-hydrogen) atoms. The minimum Gasteiger partial charge on any atom is -0.461 e. The third kappa shape index (κ3) is 3.90. The predicted molar refractivity (Wildman–Crippen MR) is 105 cm³/mol. The highest BCUT2D eigenvalue weighted by Crippen LogP contribution is 2.51. The van der Waals surface area contributed by atoms with E-state index in [9.17, 15) is 19.5 Å². The summed E-state index contributed by atoms with van der Waals surface area (Å²) in [6, 6.07) is 0. The molecule has 7 atom stereocenters. The van der Waals surface area contributed by atoms with Crippen LogP contribution in [0.1, 0.15) is 40.5 Å². The van der Waals surface area contributed by atoms with Gasteiger partial charge in [0.2, 0.25) is 0 Å². The molecule has 0 aromatic carbocycles. The zero-order valence-corrected chi connectivity index (χ0v) is 18.1. The first kappa shape index (κ1) is 22.0. The van der Waals surface area contributed by atoms with Crippen molar-refractivity contribution in [1.82, 2.24) is 0 Å². The summed E-state index contributed by atoms with van der Waals surface area (Å²) in [6.07, 6.45) is 1.86. The summed E-state index contributed by atoms with van der Waals surface area (Å²) < 4.78 is 28.2. The fourth-order valence-corrected chi connectivity index (χ4v) is 4.21. The highest BCUT2D eigenvalue weighted by Gasteiger charge is 2.64. The average molecular weight is 436 g/mol. The normalized spacial score (nSPS) is 38.9. The molecule has 1 aliphatic carbocycles. The van der Waals surface area contributed by atoms with Crippen LogP contribution in [-0.4, -0.2) is 71.8 Å². The van der Waals surface area contributed by atoms with E-state index in [0.29, 0.717) is 12.0 Å². The molecule has 4 aliphatic rings. The lowest BCUT2D eigenvalue weighted by atomic mass is 9.85. The lowest BCUT2D eigenvalue weighted by molar-refractivity contribution is -0.153. The van der Waals surface area contributed by atoms with Crippen molar-refractivity contribution in [3.8, 4) is 0 Å². The molecule has 2 saturated heterocycles. The molecule has 7 unspecified atom stereocenters. The number of hydrogen-bond donors (Lipinski definition) is 1. The number of esters is 3. The van der Waals surface area contributed by atoms with Crippen LogP contribution < -0.4 is 0 Å². The number of aliphatic hydroxyl groups excluding tert-OH is 1. The molecule has 1 N–H and O–H groups in total. The fraction of sp³-hybridized carbons (Fsp3) is 0.682. The summed E-state index contributed by atoms with van der Waals surface area (Å²) >= 11 is 0. The quantitative estimate of drug-likeness (QED) is 0.281. The van der Waals surface area contributed by atoms with Gasteiger partial charge in [0, 0.05) is 18.9 Å². The predicted octanol–water partition coefficient (Wildman–Crippen LogP) is 0.977. The van der Waals surface area contributed by atoms with E-state index in [2.05, 4.69) is 0 Å². The number of fused-ring (bicyclic) bond motifs is 4. The first-order valence-corrected chi connectivity index (χ1v) is 10.6. The molecule has 0 saturated carbocycles. The van der Waals surface area contributed by atoms with Gasteiger partial charge >= 0.3 is 17.9 Å². The second-order valence-electron chi connectivity index (χ2n) is 8.82. The molecule has 170 valence electrons. The van der Waals surface area contributed by atoms with Gasteiger partial charge in [0.15, 0.2) is 6.10 Å². The van der Waals surface area contributed by atoms with Crippen molar-refractivity contribution >= 4 is 17.9 Å². The van der Waals surface area contributed by atoms with Crippen molar-refractivity contribution in [1.29, 1.82) is 0 Å². The van der Waals surface area contributed by atoms with Gasteiger partial charge in [0.05, 0.1) is 18.1 Å². The first-order chi connectivity index (χ1) is 14.6. The van der Waals surface area contributed by atoms with Crippen molar-refractivity contribution in [3.05, 3.63) is 23.3 Å². The largest absolute Gasteiger partial charge is 0.461 e. The first-order valence-electron chi connectivity index (χ1n) is 10.6. The number of hydrogen-bond acceptors (Lipinski definition) is 9. The van der Waals surface area contributed by atoms with Gasteiger partial charge in [-0.1, -0.05) is 26.0 Å². The van der Waals surface area contributed by atoms with E-state index in [1.54, 1.807) is 6.92 Å². The summed E-state index contributed by atoms with van der Waals surface area (Å²) in [5, 5.41) is 10.0. The van der Waals surface area contributed by atoms with Crippen molar-refractivity contribution in [2.45, 2.75) is 76.2 Å². The minimum absolute atomic E-state index is 0.134. The Hall–Kier alpha value is -2.23. The van der Waals surface area contributed by atoms with Crippen LogP contribution in [0.25, 0.3) is 0 Å². The second-order valence-corrected chi connectivity index (χ2v) is 8.82. The summed E-state index contributed by atoms with van der Waals surface area (Å²) in [7, 11) is 0.